The van der Waals surface area contributed by atoms with Crippen molar-refractivity contribution in [2.45, 2.75) is 12.5 Å². The maximum atomic E-state index is 11.2. The van der Waals surface area contributed by atoms with Gasteiger partial charge in [0.1, 0.15) is 0 Å². The SMILES string of the molecule is Cl.O=C1CSC(=O)N1C1CCNC1. The van der Waals surface area contributed by atoms with Gasteiger partial charge in [-0.15, -0.1) is 12.4 Å². The molecule has 0 aromatic rings. The lowest BCUT2D eigenvalue weighted by Gasteiger charge is -2.19. The number of thioether (sulfide) groups is 1. The third-order valence-electron chi connectivity index (χ3n) is 2.18. The van der Waals surface area contributed by atoms with Crippen LogP contribution in [0.5, 0.6) is 0 Å². The van der Waals surface area contributed by atoms with Crippen LogP contribution in [0.1, 0.15) is 6.42 Å². The third-order valence-corrected chi connectivity index (χ3v) is 3.02. The first kappa shape index (κ1) is 10.8. The van der Waals surface area contributed by atoms with Gasteiger partial charge in [0, 0.05) is 6.54 Å². The molecule has 1 atom stereocenters. The summed E-state index contributed by atoms with van der Waals surface area (Å²) in [4.78, 5) is 23.8. The Morgan fingerprint density at radius 1 is 1.46 bits per heavy atom. The number of rotatable bonds is 1. The van der Waals surface area contributed by atoms with E-state index in [9.17, 15) is 9.59 Å². The van der Waals surface area contributed by atoms with Crippen molar-refractivity contribution in [1.29, 1.82) is 0 Å². The topological polar surface area (TPSA) is 49.4 Å². The van der Waals surface area contributed by atoms with Crippen LogP contribution in [0, 0.1) is 0 Å². The summed E-state index contributed by atoms with van der Waals surface area (Å²) < 4.78 is 0. The van der Waals surface area contributed by atoms with Crippen molar-refractivity contribution in [3.8, 4) is 0 Å². The molecule has 1 unspecified atom stereocenters. The minimum absolute atomic E-state index is 0. The molecule has 2 rings (SSSR count). The zero-order valence-electron chi connectivity index (χ0n) is 6.99. The zero-order valence-corrected chi connectivity index (χ0v) is 8.62. The Bertz CT molecular complexity index is 215. The van der Waals surface area contributed by atoms with Crippen LogP contribution >= 0.6 is 24.2 Å². The fraction of sp³-hybridized carbons (Fsp3) is 0.714. The number of hydrogen-bond acceptors (Lipinski definition) is 4. The number of carbonyl (C=O) groups excluding carboxylic acids is 2. The highest BCUT2D eigenvalue weighted by molar-refractivity contribution is 8.14. The molecular weight excluding hydrogens is 212 g/mol. The lowest BCUT2D eigenvalue weighted by Crippen LogP contribution is -2.40. The van der Waals surface area contributed by atoms with Crippen molar-refractivity contribution in [1.82, 2.24) is 10.2 Å². The van der Waals surface area contributed by atoms with Crippen LogP contribution in [0.25, 0.3) is 0 Å². The number of carbonyl (C=O) groups is 2. The molecule has 0 aromatic heterocycles. The molecular formula is C7H11ClN2O2S. The van der Waals surface area contributed by atoms with E-state index >= 15 is 0 Å². The van der Waals surface area contributed by atoms with Crippen molar-refractivity contribution in [2.75, 3.05) is 18.8 Å². The number of nitrogens with zero attached hydrogens (tertiary/aromatic N) is 1. The number of amides is 2. The Morgan fingerprint density at radius 2 is 2.23 bits per heavy atom. The van der Waals surface area contributed by atoms with Crippen molar-refractivity contribution < 1.29 is 9.59 Å². The van der Waals surface area contributed by atoms with Crippen LogP contribution in [0.15, 0.2) is 0 Å². The highest BCUT2D eigenvalue weighted by Gasteiger charge is 2.36. The molecule has 2 aliphatic rings. The largest absolute Gasteiger partial charge is 0.315 e. The zero-order chi connectivity index (χ0) is 8.55. The Balaban J connectivity index is 0.000000845. The number of halogens is 1. The molecule has 4 nitrogen and oxygen atoms in total. The standard InChI is InChI=1S/C7H10N2O2S.ClH/c10-6-4-12-7(11)9(6)5-1-2-8-3-5;/h5,8H,1-4H2;1H. The maximum absolute atomic E-state index is 11.2. The first-order chi connectivity index (χ1) is 5.79. The molecule has 0 radical (unpaired) electrons. The molecule has 2 saturated heterocycles. The van der Waals surface area contributed by atoms with Gasteiger partial charge in [-0.25, -0.2) is 0 Å². The van der Waals surface area contributed by atoms with E-state index in [1.54, 1.807) is 0 Å². The monoisotopic (exact) mass is 222 g/mol. The molecule has 0 bridgehead atoms. The van der Waals surface area contributed by atoms with Gasteiger partial charge in [0.15, 0.2) is 0 Å². The summed E-state index contributed by atoms with van der Waals surface area (Å²) in [6.07, 6.45) is 0.901. The van der Waals surface area contributed by atoms with Gasteiger partial charge in [0.05, 0.1) is 11.8 Å². The molecule has 1 N–H and O–H groups in total. The van der Waals surface area contributed by atoms with Crippen LogP contribution in [0.2, 0.25) is 0 Å². The van der Waals surface area contributed by atoms with Gasteiger partial charge in [0.2, 0.25) is 5.91 Å². The molecule has 0 aliphatic carbocycles. The second-order valence-electron chi connectivity index (χ2n) is 2.96. The molecule has 0 saturated carbocycles. The fourth-order valence-corrected chi connectivity index (χ4v) is 2.35. The molecule has 6 heteroatoms. The van der Waals surface area contributed by atoms with E-state index in [4.69, 9.17) is 0 Å². The van der Waals surface area contributed by atoms with E-state index in [1.807, 2.05) is 0 Å². The average molecular weight is 223 g/mol. The summed E-state index contributed by atoms with van der Waals surface area (Å²) >= 11 is 1.11. The summed E-state index contributed by atoms with van der Waals surface area (Å²) in [5.41, 5.74) is 0. The van der Waals surface area contributed by atoms with Gasteiger partial charge in [-0.3, -0.25) is 14.5 Å². The fourth-order valence-electron chi connectivity index (χ4n) is 1.58. The minimum Gasteiger partial charge on any atom is -0.315 e. The highest BCUT2D eigenvalue weighted by atomic mass is 35.5. The second-order valence-corrected chi connectivity index (χ2v) is 3.89. The average Bonchev–Trinajstić information content (AvgIpc) is 2.61. The highest BCUT2D eigenvalue weighted by Crippen LogP contribution is 2.23. The van der Waals surface area contributed by atoms with Crippen LogP contribution in [0.3, 0.4) is 0 Å². The maximum Gasteiger partial charge on any atom is 0.289 e. The first-order valence-electron chi connectivity index (χ1n) is 3.98. The van der Waals surface area contributed by atoms with E-state index in [0.29, 0.717) is 5.75 Å². The summed E-state index contributed by atoms with van der Waals surface area (Å²) in [6, 6.07) is 0.111. The Labute approximate surface area is 86.8 Å². The summed E-state index contributed by atoms with van der Waals surface area (Å²) in [6.45, 7) is 1.67. The van der Waals surface area contributed by atoms with E-state index in [1.165, 1.54) is 4.90 Å². The predicted molar refractivity (Wildman–Crippen MR) is 53.2 cm³/mol. The van der Waals surface area contributed by atoms with Crippen molar-refractivity contribution >= 4 is 35.3 Å². The van der Waals surface area contributed by atoms with Gasteiger partial charge >= 0.3 is 0 Å². The second kappa shape index (κ2) is 4.30. The van der Waals surface area contributed by atoms with Crippen molar-refractivity contribution in [3.63, 3.8) is 0 Å². The first-order valence-corrected chi connectivity index (χ1v) is 4.97. The molecule has 74 valence electrons. The molecule has 13 heavy (non-hydrogen) atoms. The Kier molecular flexibility index (Phi) is 3.58. The molecule has 2 aliphatic heterocycles. The number of hydrogen-bond donors (Lipinski definition) is 1. The molecule has 0 aromatic carbocycles. The van der Waals surface area contributed by atoms with Gasteiger partial charge in [0.25, 0.3) is 5.24 Å². The normalized spacial score (nSPS) is 28.0. The van der Waals surface area contributed by atoms with E-state index < -0.39 is 0 Å². The van der Waals surface area contributed by atoms with Gasteiger partial charge in [-0.2, -0.15) is 0 Å². The van der Waals surface area contributed by atoms with E-state index in [-0.39, 0.29) is 29.6 Å². The van der Waals surface area contributed by atoms with Crippen LogP contribution in [0.4, 0.5) is 4.79 Å². The quantitative estimate of drug-likeness (QED) is 0.701. The summed E-state index contributed by atoms with van der Waals surface area (Å²) in [5.74, 6) is 0.300. The van der Waals surface area contributed by atoms with Gasteiger partial charge in [-0.1, -0.05) is 11.8 Å². The molecule has 2 fully saturated rings. The molecule has 2 amide bonds. The van der Waals surface area contributed by atoms with Crippen molar-refractivity contribution in [2.24, 2.45) is 0 Å². The van der Waals surface area contributed by atoms with E-state index in [2.05, 4.69) is 5.32 Å². The predicted octanol–water partition coefficient (Wildman–Crippen LogP) is 0.465. The van der Waals surface area contributed by atoms with Crippen LogP contribution in [-0.4, -0.2) is 40.9 Å². The van der Waals surface area contributed by atoms with Crippen LogP contribution < -0.4 is 5.32 Å². The van der Waals surface area contributed by atoms with Crippen LogP contribution in [-0.2, 0) is 4.79 Å². The smallest absolute Gasteiger partial charge is 0.289 e. The molecule has 2 heterocycles. The lowest BCUT2D eigenvalue weighted by molar-refractivity contribution is -0.125. The van der Waals surface area contributed by atoms with Crippen molar-refractivity contribution in [3.05, 3.63) is 0 Å². The third kappa shape index (κ3) is 1.98. The minimum atomic E-state index is -0.0753. The Morgan fingerprint density at radius 3 is 2.69 bits per heavy atom. The lowest BCUT2D eigenvalue weighted by atomic mass is 10.2. The van der Waals surface area contributed by atoms with E-state index in [0.717, 1.165) is 31.3 Å². The molecule has 0 spiro atoms. The summed E-state index contributed by atoms with van der Waals surface area (Å²) in [5, 5.41) is 3.06. The number of imide groups is 1. The summed E-state index contributed by atoms with van der Waals surface area (Å²) in [7, 11) is 0. The van der Waals surface area contributed by atoms with Gasteiger partial charge in [-0.05, 0) is 13.0 Å². The number of nitrogens with one attached hydrogen (secondary N) is 1. The Hall–Kier alpha value is -0.260. The van der Waals surface area contributed by atoms with Gasteiger partial charge < -0.3 is 5.32 Å².